The molecule has 0 N–H and O–H groups in total. The maximum absolute atomic E-state index is 12.5. The van der Waals surface area contributed by atoms with Crippen LogP contribution in [0, 0.1) is 11.3 Å². The Morgan fingerprint density at radius 2 is 2.00 bits per heavy atom. The van der Waals surface area contributed by atoms with Crippen LogP contribution in [0.4, 0.5) is 5.69 Å². The molecule has 0 aliphatic carbocycles. The molecule has 0 radical (unpaired) electrons. The van der Waals surface area contributed by atoms with Crippen LogP contribution in [0.2, 0.25) is 0 Å². The standard InChI is InChI=1S/C20H18N2O2/c21-13-15-24-18-10-7-16(8-11-18)9-12-20(23)22-14-3-5-17-4-1-2-6-19(17)22/h1-2,4,6-12H,3,5,14-15H2/b12-9+. The van der Waals surface area contributed by atoms with Gasteiger partial charge in [-0.1, -0.05) is 30.3 Å². The summed E-state index contributed by atoms with van der Waals surface area (Å²) in [4.78, 5) is 14.4. The molecular weight excluding hydrogens is 300 g/mol. The molecule has 0 aromatic heterocycles. The zero-order valence-electron chi connectivity index (χ0n) is 13.3. The van der Waals surface area contributed by atoms with Gasteiger partial charge in [-0.2, -0.15) is 5.26 Å². The Bertz CT molecular complexity index is 788. The highest BCUT2D eigenvalue weighted by atomic mass is 16.5. The Morgan fingerprint density at radius 3 is 2.79 bits per heavy atom. The minimum absolute atomic E-state index is 0.00745. The molecule has 0 fully saturated rings. The fourth-order valence-corrected chi connectivity index (χ4v) is 2.81. The number of benzene rings is 2. The fraction of sp³-hybridized carbons (Fsp3) is 0.200. The topological polar surface area (TPSA) is 53.3 Å². The lowest BCUT2D eigenvalue weighted by Crippen LogP contribution is -2.34. The average Bonchev–Trinajstić information content (AvgIpc) is 2.64. The third-order valence-corrected chi connectivity index (χ3v) is 3.98. The molecule has 0 saturated heterocycles. The zero-order valence-corrected chi connectivity index (χ0v) is 13.3. The van der Waals surface area contributed by atoms with Gasteiger partial charge in [-0.3, -0.25) is 4.79 Å². The van der Waals surface area contributed by atoms with Gasteiger partial charge in [0.05, 0.1) is 0 Å². The maximum atomic E-state index is 12.5. The van der Waals surface area contributed by atoms with E-state index in [2.05, 4.69) is 6.07 Å². The van der Waals surface area contributed by atoms with Gasteiger partial charge in [-0.05, 0) is 48.2 Å². The first-order valence-electron chi connectivity index (χ1n) is 7.95. The van der Waals surface area contributed by atoms with Gasteiger partial charge in [-0.15, -0.1) is 0 Å². The van der Waals surface area contributed by atoms with Crippen LogP contribution in [-0.4, -0.2) is 19.1 Å². The van der Waals surface area contributed by atoms with Crippen molar-refractivity contribution in [3.8, 4) is 11.8 Å². The van der Waals surface area contributed by atoms with Gasteiger partial charge in [0.15, 0.2) is 6.61 Å². The van der Waals surface area contributed by atoms with E-state index in [1.165, 1.54) is 5.56 Å². The third-order valence-electron chi connectivity index (χ3n) is 3.98. The van der Waals surface area contributed by atoms with E-state index in [1.54, 1.807) is 24.3 Å². The molecule has 2 aromatic carbocycles. The zero-order chi connectivity index (χ0) is 16.8. The van der Waals surface area contributed by atoms with Crippen molar-refractivity contribution < 1.29 is 9.53 Å². The van der Waals surface area contributed by atoms with E-state index in [0.717, 1.165) is 30.6 Å². The Kier molecular flexibility index (Phi) is 4.93. The van der Waals surface area contributed by atoms with Crippen molar-refractivity contribution in [1.29, 1.82) is 5.26 Å². The first kappa shape index (κ1) is 15.8. The Balaban J connectivity index is 1.69. The molecule has 1 amide bonds. The first-order valence-corrected chi connectivity index (χ1v) is 7.95. The summed E-state index contributed by atoms with van der Waals surface area (Å²) < 4.78 is 5.21. The number of rotatable bonds is 4. The second-order valence-electron chi connectivity index (χ2n) is 5.57. The number of carbonyl (C=O) groups excluding carboxylic acids is 1. The van der Waals surface area contributed by atoms with E-state index in [4.69, 9.17) is 10.00 Å². The number of amides is 1. The van der Waals surface area contributed by atoms with Gasteiger partial charge in [0.2, 0.25) is 0 Å². The molecule has 24 heavy (non-hydrogen) atoms. The van der Waals surface area contributed by atoms with E-state index in [-0.39, 0.29) is 12.5 Å². The van der Waals surface area contributed by atoms with Gasteiger partial charge >= 0.3 is 0 Å². The maximum Gasteiger partial charge on any atom is 0.250 e. The number of anilines is 1. The van der Waals surface area contributed by atoms with Gasteiger partial charge in [0.25, 0.3) is 5.91 Å². The number of carbonyl (C=O) groups is 1. The SMILES string of the molecule is N#CCOc1ccc(/C=C/C(=O)N2CCCc3ccccc32)cc1. The fourth-order valence-electron chi connectivity index (χ4n) is 2.81. The van der Waals surface area contributed by atoms with Gasteiger partial charge < -0.3 is 9.64 Å². The molecule has 0 spiro atoms. The highest BCUT2D eigenvalue weighted by Crippen LogP contribution is 2.27. The van der Waals surface area contributed by atoms with Gasteiger partial charge in [0, 0.05) is 18.3 Å². The number of para-hydroxylation sites is 1. The van der Waals surface area contributed by atoms with Crippen LogP contribution in [0.15, 0.2) is 54.6 Å². The largest absolute Gasteiger partial charge is 0.479 e. The molecule has 0 bridgehead atoms. The Morgan fingerprint density at radius 1 is 1.21 bits per heavy atom. The highest BCUT2D eigenvalue weighted by molar-refractivity contribution is 6.04. The van der Waals surface area contributed by atoms with Crippen LogP contribution in [0.3, 0.4) is 0 Å². The molecule has 4 heteroatoms. The van der Waals surface area contributed by atoms with Crippen LogP contribution in [0.1, 0.15) is 17.5 Å². The van der Waals surface area contributed by atoms with E-state index in [9.17, 15) is 4.79 Å². The van der Waals surface area contributed by atoms with Crippen molar-refractivity contribution in [2.75, 3.05) is 18.1 Å². The second kappa shape index (κ2) is 7.47. The number of hydrogen-bond acceptors (Lipinski definition) is 3. The second-order valence-corrected chi connectivity index (χ2v) is 5.57. The molecule has 1 aliphatic rings. The van der Waals surface area contributed by atoms with E-state index in [1.807, 2.05) is 41.3 Å². The van der Waals surface area contributed by atoms with Crippen LogP contribution >= 0.6 is 0 Å². The number of nitriles is 1. The van der Waals surface area contributed by atoms with Crippen LogP contribution in [0.5, 0.6) is 5.75 Å². The summed E-state index contributed by atoms with van der Waals surface area (Å²) in [6, 6.07) is 17.3. The highest BCUT2D eigenvalue weighted by Gasteiger charge is 2.20. The number of fused-ring (bicyclic) bond motifs is 1. The molecule has 2 aromatic rings. The Labute approximate surface area is 141 Å². The number of aryl methyl sites for hydroxylation is 1. The number of hydrogen-bond donors (Lipinski definition) is 0. The van der Waals surface area contributed by atoms with Crippen LogP contribution < -0.4 is 9.64 Å². The number of nitrogens with zero attached hydrogens (tertiary/aromatic N) is 2. The molecule has 0 atom stereocenters. The first-order chi connectivity index (χ1) is 11.8. The van der Waals surface area contributed by atoms with Crippen molar-refractivity contribution in [3.63, 3.8) is 0 Å². The summed E-state index contributed by atoms with van der Waals surface area (Å²) in [5, 5.41) is 8.49. The lowest BCUT2D eigenvalue weighted by atomic mass is 10.0. The molecule has 4 nitrogen and oxygen atoms in total. The third kappa shape index (κ3) is 3.64. The van der Waals surface area contributed by atoms with Gasteiger partial charge in [-0.25, -0.2) is 0 Å². The van der Waals surface area contributed by atoms with Crippen molar-refractivity contribution in [2.24, 2.45) is 0 Å². The molecule has 1 heterocycles. The smallest absolute Gasteiger partial charge is 0.250 e. The summed E-state index contributed by atoms with van der Waals surface area (Å²) in [5.74, 6) is 0.636. The minimum atomic E-state index is -0.00745. The van der Waals surface area contributed by atoms with Crippen LogP contribution in [-0.2, 0) is 11.2 Å². The predicted molar refractivity (Wildman–Crippen MR) is 93.7 cm³/mol. The average molecular weight is 318 g/mol. The van der Waals surface area contributed by atoms with Crippen molar-refractivity contribution in [3.05, 3.63) is 65.7 Å². The number of ether oxygens (including phenoxy) is 1. The molecule has 0 saturated carbocycles. The quantitative estimate of drug-likeness (QED) is 0.810. The normalized spacial score (nSPS) is 13.4. The lowest BCUT2D eigenvalue weighted by Gasteiger charge is -2.28. The molecular formula is C20H18N2O2. The van der Waals surface area contributed by atoms with Crippen molar-refractivity contribution in [2.45, 2.75) is 12.8 Å². The van der Waals surface area contributed by atoms with E-state index < -0.39 is 0 Å². The lowest BCUT2D eigenvalue weighted by molar-refractivity contribution is -0.114. The Hall–Kier alpha value is -3.06. The monoisotopic (exact) mass is 318 g/mol. The molecule has 120 valence electrons. The summed E-state index contributed by atoms with van der Waals surface area (Å²) in [7, 11) is 0. The van der Waals surface area contributed by atoms with Gasteiger partial charge in [0.1, 0.15) is 11.8 Å². The van der Waals surface area contributed by atoms with E-state index in [0.29, 0.717) is 5.75 Å². The van der Waals surface area contributed by atoms with Crippen LogP contribution in [0.25, 0.3) is 6.08 Å². The summed E-state index contributed by atoms with van der Waals surface area (Å²) in [5.41, 5.74) is 3.15. The molecule has 3 rings (SSSR count). The molecule has 1 aliphatic heterocycles. The van der Waals surface area contributed by atoms with E-state index >= 15 is 0 Å². The van der Waals surface area contributed by atoms with Crippen molar-refractivity contribution >= 4 is 17.7 Å². The van der Waals surface area contributed by atoms with Crippen molar-refractivity contribution in [1.82, 2.24) is 0 Å². The predicted octanol–water partition coefficient (Wildman–Crippen LogP) is 3.58. The summed E-state index contributed by atoms with van der Waals surface area (Å²) in [6.45, 7) is 0.781. The minimum Gasteiger partial charge on any atom is -0.479 e. The molecule has 0 unspecified atom stereocenters. The summed E-state index contributed by atoms with van der Waals surface area (Å²) in [6.07, 6.45) is 5.41. The summed E-state index contributed by atoms with van der Waals surface area (Å²) >= 11 is 0.